The Labute approximate surface area is 200 Å². The van der Waals surface area contributed by atoms with Gasteiger partial charge in [0.05, 0.1) is 36.2 Å². The van der Waals surface area contributed by atoms with Crippen molar-refractivity contribution in [3.63, 3.8) is 0 Å². The zero-order chi connectivity index (χ0) is 24.3. The zero-order valence-electron chi connectivity index (χ0n) is 18.7. The molecule has 0 aliphatic rings. The molecule has 0 aliphatic heterocycles. The van der Waals surface area contributed by atoms with Crippen molar-refractivity contribution in [2.45, 2.75) is 18.9 Å². The van der Waals surface area contributed by atoms with Crippen LogP contribution in [0.25, 0.3) is 11.0 Å². The molecule has 0 unspecified atom stereocenters. The summed E-state index contributed by atoms with van der Waals surface area (Å²) in [6.07, 6.45) is 1.56. The maximum absolute atomic E-state index is 12.1. The summed E-state index contributed by atoms with van der Waals surface area (Å²) in [4.78, 5) is 44.7. The van der Waals surface area contributed by atoms with Crippen molar-refractivity contribution in [1.29, 1.82) is 0 Å². The zero-order valence-corrected chi connectivity index (χ0v) is 19.5. The summed E-state index contributed by atoms with van der Waals surface area (Å²) in [7, 11) is 0. The van der Waals surface area contributed by atoms with Crippen LogP contribution < -0.4 is 20.1 Å². The largest absolute Gasteiger partial charge is 0.490 e. The molecule has 1 aromatic heterocycles. The van der Waals surface area contributed by atoms with Crippen LogP contribution in [0.4, 0.5) is 10.5 Å². The number of ether oxygens (including phenoxy) is 3. The van der Waals surface area contributed by atoms with Gasteiger partial charge in [0.15, 0.2) is 18.1 Å². The Morgan fingerprint density at radius 3 is 2.47 bits per heavy atom. The number of nitrogens with zero attached hydrogens (tertiary/aromatic N) is 2. The summed E-state index contributed by atoms with van der Waals surface area (Å²) >= 11 is 1.14. The number of hydrogen-bond acceptors (Lipinski definition) is 9. The molecule has 0 fully saturated rings. The van der Waals surface area contributed by atoms with Gasteiger partial charge in [-0.1, -0.05) is 23.9 Å². The van der Waals surface area contributed by atoms with Crippen LogP contribution in [-0.2, 0) is 14.3 Å². The number of anilines is 1. The lowest BCUT2D eigenvalue weighted by Crippen LogP contribution is -2.37. The maximum Gasteiger partial charge on any atom is 0.325 e. The summed E-state index contributed by atoms with van der Waals surface area (Å²) < 4.78 is 15.9. The number of benzene rings is 2. The molecule has 2 N–H and O–H groups in total. The second-order valence-electron chi connectivity index (χ2n) is 6.68. The van der Waals surface area contributed by atoms with Crippen molar-refractivity contribution >= 4 is 46.4 Å². The fourth-order valence-electron chi connectivity index (χ4n) is 2.78. The van der Waals surface area contributed by atoms with Crippen LogP contribution in [0.1, 0.15) is 13.8 Å². The van der Waals surface area contributed by atoms with E-state index >= 15 is 0 Å². The molecule has 3 rings (SSSR count). The molecule has 0 bridgehead atoms. The van der Waals surface area contributed by atoms with E-state index in [1.54, 1.807) is 24.4 Å². The summed E-state index contributed by atoms with van der Waals surface area (Å²) in [5.74, 6) is -0.429. The van der Waals surface area contributed by atoms with E-state index in [2.05, 4.69) is 20.6 Å². The topological polar surface area (TPSA) is 129 Å². The van der Waals surface area contributed by atoms with Crippen molar-refractivity contribution in [3.05, 3.63) is 48.7 Å². The van der Waals surface area contributed by atoms with Crippen molar-refractivity contribution in [3.8, 4) is 11.5 Å². The van der Waals surface area contributed by atoms with Gasteiger partial charge in [-0.2, -0.15) is 0 Å². The van der Waals surface area contributed by atoms with E-state index in [1.165, 1.54) is 0 Å². The molecule has 0 spiro atoms. The number of rotatable bonds is 10. The molecule has 34 heavy (non-hydrogen) atoms. The first-order valence-electron chi connectivity index (χ1n) is 10.5. The van der Waals surface area contributed by atoms with Crippen LogP contribution in [0.5, 0.6) is 11.5 Å². The highest BCUT2D eigenvalue weighted by atomic mass is 32.2. The highest BCUT2D eigenvalue weighted by Crippen LogP contribution is 2.30. The summed E-state index contributed by atoms with van der Waals surface area (Å²) in [5.41, 5.74) is 1.87. The van der Waals surface area contributed by atoms with E-state index in [0.717, 1.165) is 17.3 Å². The normalized spacial score (nSPS) is 10.4. The molecule has 1 heterocycles. The molecule has 2 aromatic carbocycles. The second-order valence-corrected chi connectivity index (χ2v) is 7.67. The molecule has 0 aliphatic carbocycles. The predicted molar refractivity (Wildman–Crippen MR) is 127 cm³/mol. The Morgan fingerprint density at radius 1 is 0.971 bits per heavy atom. The highest BCUT2D eigenvalue weighted by molar-refractivity contribution is 7.99. The van der Waals surface area contributed by atoms with Crippen LogP contribution in [-0.4, -0.2) is 53.4 Å². The van der Waals surface area contributed by atoms with E-state index in [0.29, 0.717) is 40.9 Å². The van der Waals surface area contributed by atoms with Crippen LogP contribution in [0, 0.1) is 0 Å². The lowest BCUT2D eigenvalue weighted by molar-refractivity contribution is -0.145. The number of urea groups is 1. The minimum atomic E-state index is -0.770. The first kappa shape index (κ1) is 24.8. The van der Waals surface area contributed by atoms with Gasteiger partial charge in [0.2, 0.25) is 0 Å². The average molecular weight is 485 g/mol. The van der Waals surface area contributed by atoms with Gasteiger partial charge < -0.3 is 19.5 Å². The van der Waals surface area contributed by atoms with Gasteiger partial charge in [-0.05, 0) is 38.1 Å². The second kappa shape index (κ2) is 12.4. The van der Waals surface area contributed by atoms with Crippen LogP contribution in [0.3, 0.4) is 0 Å². The van der Waals surface area contributed by atoms with Gasteiger partial charge >= 0.3 is 12.0 Å². The molecule has 0 saturated carbocycles. The summed E-state index contributed by atoms with van der Waals surface area (Å²) in [5, 5.41) is 5.18. The number of carbonyl (C=O) groups is 3. The van der Waals surface area contributed by atoms with Gasteiger partial charge in [0.1, 0.15) is 5.03 Å². The Balaban J connectivity index is 1.42. The third-order valence-electron chi connectivity index (χ3n) is 4.18. The monoisotopic (exact) mass is 484 g/mol. The minimum absolute atomic E-state index is 0.0567. The highest BCUT2D eigenvalue weighted by Gasteiger charge is 2.13. The fourth-order valence-corrected chi connectivity index (χ4v) is 3.42. The van der Waals surface area contributed by atoms with E-state index in [4.69, 9.17) is 14.2 Å². The Kier molecular flexibility index (Phi) is 9.04. The summed E-state index contributed by atoms with van der Waals surface area (Å²) in [6, 6.07) is 11.5. The number of esters is 1. The molecule has 178 valence electrons. The Morgan fingerprint density at radius 2 is 1.71 bits per heavy atom. The van der Waals surface area contributed by atoms with Crippen molar-refractivity contribution < 1.29 is 28.6 Å². The lowest BCUT2D eigenvalue weighted by atomic mass is 10.2. The average Bonchev–Trinajstić information content (AvgIpc) is 2.83. The van der Waals surface area contributed by atoms with E-state index in [1.807, 2.05) is 38.1 Å². The van der Waals surface area contributed by atoms with Gasteiger partial charge in [0, 0.05) is 11.8 Å². The standard InChI is InChI=1S/C23H24N4O6S/c1-3-31-18-10-9-15(11-19(18)32-4-2)25-23(30)27-20(28)13-33-22(29)14-34-21-12-24-16-7-5-6-8-17(16)26-21/h5-12H,3-4,13-14H2,1-2H3,(H2,25,27,28,30). The minimum Gasteiger partial charge on any atom is -0.490 e. The Hall–Kier alpha value is -3.86. The number of amides is 3. The number of hydrogen-bond donors (Lipinski definition) is 2. The van der Waals surface area contributed by atoms with E-state index in [9.17, 15) is 14.4 Å². The van der Waals surface area contributed by atoms with Gasteiger partial charge in [0.25, 0.3) is 5.91 Å². The molecular weight excluding hydrogens is 460 g/mol. The summed E-state index contributed by atoms with van der Waals surface area (Å²) in [6.45, 7) is 3.98. The number of para-hydroxylation sites is 2. The first-order chi connectivity index (χ1) is 16.5. The number of thioether (sulfide) groups is 1. The van der Waals surface area contributed by atoms with E-state index in [-0.39, 0.29) is 5.75 Å². The maximum atomic E-state index is 12.1. The number of carbonyl (C=O) groups excluding carboxylic acids is 3. The molecule has 11 heteroatoms. The fraction of sp³-hybridized carbons (Fsp3) is 0.261. The predicted octanol–water partition coefficient (Wildman–Crippen LogP) is 3.41. The van der Waals surface area contributed by atoms with Crippen LogP contribution in [0.2, 0.25) is 0 Å². The van der Waals surface area contributed by atoms with Gasteiger partial charge in [-0.15, -0.1) is 0 Å². The van der Waals surface area contributed by atoms with Crippen molar-refractivity contribution in [1.82, 2.24) is 15.3 Å². The lowest BCUT2D eigenvalue weighted by Gasteiger charge is -2.13. The number of imide groups is 1. The quantitative estimate of drug-likeness (QED) is 0.328. The van der Waals surface area contributed by atoms with Crippen LogP contribution >= 0.6 is 11.8 Å². The SMILES string of the molecule is CCOc1ccc(NC(=O)NC(=O)COC(=O)CSc2cnc3ccccc3n2)cc1OCC. The van der Waals surface area contributed by atoms with Crippen molar-refractivity contribution in [2.75, 3.05) is 30.9 Å². The van der Waals surface area contributed by atoms with Crippen molar-refractivity contribution in [2.24, 2.45) is 0 Å². The number of aromatic nitrogens is 2. The third kappa shape index (κ3) is 7.34. The Bertz CT molecular complexity index is 1170. The number of fused-ring (bicyclic) bond motifs is 1. The third-order valence-corrected chi connectivity index (χ3v) is 5.06. The molecule has 0 saturated heterocycles. The molecular formula is C23H24N4O6S. The molecule has 3 amide bonds. The molecule has 10 nitrogen and oxygen atoms in total. The van der Waals surface area contributed by atoms with Crippen LogP contribution in [0.15, 0.2) is 53.7 Å². The first-order valence-corrected chi connectivity index (χ1v) is 11.5. The van der Waals surface area contributed by atoms with Gasteiger partial charge in [-0.3, -0.25) is 19.9 Å². The van der Waals surface area contributed by atoms with E-state index < -0.39 is 24.5 Å². The molecule has 0 radical (unpaired) electrons. The van der Waals surface area contributed by atoms with Gasteiger partial charge in [-0.25, -0.2) is 9.78 Å². The smallest absolute Gasteiger partial charge is 0.325 e. The molecule has 0 atom stereocenters. The molecule has 3 aromatic rings. The number of nitrogens with one attached hydrogen (secondary N) is 2.